The van der Waals surface area contributed by atoms with Gasteiger partial charge in [0.2, 0.25) is 0 Å². The minimum absolute atomic E-state index is 0.263. The van der Waals surface area contributed by atoms with E-state index in [1.165, 1.54) is 7.11 Å². The van der Waals surface area contributed by atoms with Gasteiger partial charge in [0.15, 0.2) is 0 Å². The van der Waals surface area contributed by atoms with Gasteiger partial charge in [-0.25, -0.2) is 0 Å². The zero-order valence-corrected chi connectivity index (χ0v) is 14.6. The summed E-state index contributed by atoms with van der Waals surface area (Å²) in [5.41, 5.74) is 2.58. The van der Waals surface area contributed by atoms with Crippen molar-refractivity contribution in [1.82, 2.24) is 0 Å². The molecular formula is C18H24N2O3. The summed E-state index contributed by atoms with van der Waals surface area (Å²) in [6, 6.07) is 5.74. The quantitative estimate of drug-likeness (QED) is 0.516. The Morgan fingerprint density at radius 1 is 1.35 bits per heavy atom. The van der Waals surface area contributed by atoms with Gasteiger partial charge in [0.05, 0.1) is 0 Å². The van der Waals surface area contributed by atoms with Crippen LogP contribution in [-0.2, 0) is 20.8 Å². The summed E-state index contributed by atoms with van der Waals surface area (Å²) >= 11 is 0. The number of hydrogen-bond donors (Lipinski definition) is 1. The van der Waals surface area contributed by atoms with Gasteiger partial charge in [0.25, 0.3) is 5.91 Å². The Morgan fingerprint density at radius 2 is 2.04 bits per heavy atom. The number of amides is 1. The number of anilines is 1. The standard InChI is InChI=1S/C18H24N2O3/c1-13-15(10-8-12-18(3,4)22-5)9-7-11-16(13)19-17(21)14(2)20-23-6/h7,9,11H,10H2,1-6H3,(H,19,21)/b20-14+. The largest absolute Gasteiger partial charge is 0.399 e. The summed E-state index contributed by atoms with van der Waals surface area (Å²) in [6.45, 7) is 7.38. The highest BCUT2D eigenvalue weighted by molar-refractivity contribution is 6.42. The molecule has 5 heteroatoms. The molecule has 23 heavy (non-hydrogen) atoms. The summed E-state index contributed by atoms with van der Waals surface area (Å²) in [5, 5.41) is 6.46. The van der Waals surface area contributed by atoms with Crippen molar-refractivity contribution in [3.63, 3.8) is 0 Å². The van der Waals surface area contributed by atoms with E-state index < -0.39 is 5.60 Å². The second-order valence-corrected chi connectivity index (χ2v) is 5.60. The fourth-order valence-corrected chi connectivity index (χ4v) is 1.80. The molecule has 0 aliphatic carbocycles. The molecular weight excluding hydrogens is 292 g/mol. The molecule has 1 aromatic rings. The number of hydrogen-bond acceptors (Lipinski definition) is 4. The van der Waals surface area contributed by atoms with Crippen molar-refractivity contribution in [2.24, 2.45) is 5.16 Å². The first-order valence-electron chi connectivity index (χ1n) is 7.33. The topological polar surface area (TPSA) is 59.9 Å². The Balaban J connectivity index is 2.91. The molecule has 0 aromatic heterocycles. The van der Waals surface area contributed by atoms with Gasteiger partial charge in [-0.1, -0.05) is 29.1 Å². The summed E-state index contributed by atoms with van der Waals surface area (Å²) in [6.07, 6.45) is 0.591. The van der Waals surface area contributed by atoms with Crippen LogP contribution in [0, 0.1) is 18.8 Å². The molecule has 0 atom stereocenters. The van der Waals surface area contributed by atoms with Gasteiger partial charge in [-0.3, -0.25) is 4.79 Å². The lowest BCUT2D eigenvalue weighted by Crippen LogP contribution is -2.21. The maximum absolute atomic E-state index is 12.0. The molecule has 0 bridgehead atoms. The monoisotopic (exact) mass is 316 g/mol. The molecule has 1 N–H and O–H groups in total. The third kappa shape index (κ3) is 5.76. The van der Waals surface area contributed by atoms with Crippen LogP contribution < -0.4 is 5.32 Å². The SMILES string of the molecule is CO/N=C(\C)C(=O)Nc1cccc(CC#CC(C)(C)OC)c1C. The van der Waals surface area contributed by atoms with Crippen LogP contribution in [0.2, 0.25) is 0 Å². The fourth-order valence-electron chi connectivity index (χ4n) is 1.80. The number of methoxy groups -OCH3 is 1. The Kier molecular flexibility index (Phi) is 6.80. The first-order valence-corrected chi connectivity index (χ1v) is 7.33. The molecule has 0 radical (unpaired) electrons. The smallest absolute Gasteiger partial charge is 0.273 e. The second kappa shape index (κ2) is 8.35. The molecule has 124 valence electrons. The van der Waals surface area contributed by atoms with Crippen LogP contribution in [0.3, 0.4) is 0 Å². The number of rotatable bonds is 5. The van der Waals surface area contributed by atoms with Gasteiger partial charge in [-0.15, -0.1) is 0 Å². The van der Waals surface area contributed by atoms with Crippen molar-refractivity contribution >= 4 is 17.3 Å². The molecule has 0 aliphatic rings. The van der Waals surface area contributed by atoms with Crippen LogP contribution in [0.1, 0.15) is 31.9 Å². The number of ether oxygens (including phenoxy) is 1. The van der Waals surface area contributed by atoms with Crippen LogP contribution in [0.5, 0.6) is 0 Å². The van der Waals surface area contributed by atoms with E-state index in [2.05, 4.69) is 27.2 Å². The molecule has 0 unspecified atom stereocenters. The molecule has 1 rings (SSSR count). The molecule has 0 saturated carbocycles. The number of carbonyl (C=O) groups is 1. The highest BCUT2D eigenvalue weighted by Crippen LogP contribution is 2.19. The maximum Gasteiger partial charge on any atom is 0.273 e. The van der Waals surface area contributed by atoms with Gasteiger partial charge in [-0.05, 0) is 44.9 Å². The highest BCUT2D eigenvalue weighted by atomic mass is 16.6. The highest BCUT2D eigenvalue weighted by Gasteiger charge is 2.12. The lowest BCUT2D eigenvalue weighted by Gasteiger charge is -2.14. The van der Waals surface area contributed by atoms with Crippen LogP contribution in [0.4, 0.5) is 5.69 Å². The van der Waals surface area contributed by atoms with Crippen LogP contribution in [0.25, 0.3) is 0 Å². The summed E-state index contributed by atoms with van der Waals surface area (Å²) in [7, 11) is 3.04. The average Bonchev–Trinajstić information content (AvgIpc) is 2.51. The molecule has 1 amide bonds. The zero-order valence-electron chi connectivity index (χ0n) is 14.6. The number of oxime groups is 1. The van der Waals surface area contributed by atoms with E-state index in [-0.39, 0.29) is 11.6 Å². The van der Waals surface area contributed by atoms with E-state index in [0.717, 1.165) is 16.8 Å². The van der Waals surface area contributed by atoms with Gasteiger partial charge in [-0.2, -0.15) is 0 Å². The van der Waals surface area contributed by atoms with Crippen LogP contribution >= 0.6 is 0 Å². The Bertz CT molecular complexity index is 652. The van der Waals surface area contributed by atoms with E-state index in [9.17, 15) is 4.79 Å². The van der Waals surface area contributed by atoms with Crippen molar-refractivity contribution in [2.45, 2.75) is 39.7 Å². The lowest BCUT2D eigenvalue weighted by atomic mass is 10.0. The van der Waals surface area contributed by atoms with E-state index in [1.807, 2.05) is 39.0 Å². The van der Waals surface area contributed by atoms with E-state index in [4.69, 9.17) is 4.74 Å². The predicted octanol–water partition coefficient (Wildman–Crippen LogP) is 2.93. The van der Waals surface area contributed by atoms with E-state index in [0.29, 0.717) is 6.42 Å². The number of benzene rings is 1. The second-order valence-electron chi connectivity index (χ2n) is 5.60. The molecule has 0 saturated heterocycles. The Hall–Kier alpha value is -2.32. The average molecular weight is 316 g/mol. The van der Waals surface area contributed by atoms with E-state index >= 15 is 0 Å². The summed E-state index contributed by atoms with van der Waals surface area (Å²) < 4.78 is 5.28. The Labute approximate surface area is 138 Å². The van der Waals surface area contributed by atoms with Crippen molar-refractivity contribution < 1.29 is 14.4 Å². The molecule has 0 spiro atoms. The predicted molar refractivity (Wildman–Crippen MR) is 92.5 cm³/mol. The van der Waals surface area contributed by atoms with Crippen molar-refractivity contribution in [3.05, 3.63) is 29.3 Å². The third-order valence-electron chi connectivity index (χ3n) is 3.43. The maximum atomic E-state index is 12.0. The van der Waals surface area contributed by atoms with Crippen LogP contribution in [0.15, 0.2) is 23.4 Å². The van der Waals surface area contributed by atoms with Crippen molar-refractivity contribution in [2.75, 3.05) is 19.5 Å². The molecule has 5 nitrogen and oxygen atoms in total. The van der Waals surface area contributed by atoms with Gasteiger partial charge in [0.1, 0.15) is 18.4 Å². The third-order valence-corrected chi connectivity index (χ3v) is 3.43. The van der Waals surface area contributed by atoms with Crippen molar-refractivity contribution in [1.29, 1.82) is 0 Å². The number of carbonyl (C=O) groups excluding carboxylic acids is 1. The molecule has 0 fully saturated rings. The van der Waals surface area contributed by atoms with Gasteiger partial charge in [0, 0.05) is 19.2 Å². The molecule has 1 aromatic carbocycles. The fraction of sp³-hybridized carbons (Fsp3) is 0.444. The first-order chi connectivity index (χ1) is 10.8. The number of nitrogens with one attached hydrogen (secondary N) is 1. The summed E-state index contributed by atoms with van der Waals surface area (Å²) in [4.78, 5) is 16.6. The molecule has 0 aliphatic heterocycles. The first kappa shape index (κ1) is 18.7. The van der Waals surface area contributed by atoms with Gasteiger partial charge < -0.3 is 14.9 Å². The minimum Gasteiger partial charge on any atom is -0.399 e. The summed E-state index contributed by atoms with van der Waals surface area (Å²) in [5.74, 6) is 5.92. The number of nitrogens with zero attached hydrogens (tertiary/aromatic N) is 1. The normalized spacial score (nSPS) is 11.5. The van der Waals surface area contributed by atoms with Gasteiger partial charge >= 0.3 is 0 Å². The van der Waals surface area contributed by atoms with Crippen LogP contribution in [-0.4, -0.2) is 31.4 Å². The van der Waals surface area contributed by atoms with Crippen molar-refractivity contribution in [3.8, 4) is 11.8 Å². The lowest BCUT2D eigenvalue weighted by molar-refractivity contribution is -0.110. The zero-order chi connectivity index (χ0) is 17.5. The Morgan fingerprint density at radius 3 is 2.65 bits per heavy atom. The van der Waals surface area contributed by atoms with E-state index in [1.54, 1.807) is 14.0 Å². The molecule has 0 heterocycles. The minimum atomic E-state index is -0.465.